The first kappa shape index (κ1) is 14.4. The van der Waals surface area contributed by atoms with E-state index in [0.29, 0.717) is 11.7 Å². The van der Waals surface area contributed by atoms with E-state index < -0.39 is 11.7 Å². The number of rotatable bonds is 3. The number of hydrogen-bond acceptors (Lipinski definition) is 4. The van der Waals surface area contributed by atoms with Crippen molar-refractivity contribution in [3.05, 3.63) is 23.8 Å². The summed E-state index contributed by atoms with van der Waals surface area (Å²) in [7, 11) is 0. The van der Waals surface area contributed by atoms with Gasteiger partial charge in [-0.2, -0.15) is 0 Å². The first-order valence-corrected chi connectivity index (χ1v) is 6.05. The summed E-state index contributed by atoms with van der Waals surface area (Å²) in [6.45, 7) is 9.89. The maximum atomic E-state index is 11.4. The fourth-order valence-corrected chi connectivity index (χ4v) is 1.22. The normalized spacial score (nSPS) is 11.4. The van der Waals surface area contributed by atoms with Crippen LogP contribution in [0.15, 0.2) is 12.4 Å². The van der Waals surface area contributed by atoms with Crippen LogP contribution in [0.4, 0.5) is 4.79 Å². The monoisotopic (exact) mass is 251 g/mol. The molecule has 0 saturated carbocycles. The zero-order valence-corrected chi connectivity index (χ0v) is 11.7. The molecule has 1 aromatic heterocycles. The standard InChI is InChI=1S/C13H21N3O2/c1-9(2)10-6-14-11(15-7-10)8-16-12(17)18-13(3,4)5/h6-7,9H,8H2,1-5H3,(H,16,17). The number of alkyl carbamates (subject to hydrolysis) is 1. The van der Waals surface area contributed by atoms with Crippen molar-refractivity contribution in [1.82, 2.24) is 15.3 Å². The lowest BCUT2D eigenvalue weighted by molar-refractivity contribution is 0.0522. The van der Waals surface area contributed by atoms with Gasteiger partial charge in [-0.3, -0.25) is 0 Å². The number of hydrogen-bond donors (Lipinski definition) is 1. The van der Waals surface area contributed by atoms with Gasteiger partial charge in [-0.15, -0.1) is 0 Å². The van der Waals surface area contributed by atoms with E-state index in [2.05, 4.69) is 29.1 Å². The summed E-state index contributed by atoms with van der Waals surface area (Å²) < 4.78 is 5.12. The van der Waals surface area contributed by atoms with Gasteiger partial charge in [0.1, 0.15) is 11.4 Å². The molecule has 18 heavy (non-hydrogen) atoms. The van der Waals surface area contributed by atoms with Gasteiger partial charge in [0.15, 0.2) is 0 Å². The molecule has 1 rings (SSSR count). The fourth-order valence-electron chi connectivity index (χ4n) is 1.22. The van der Waals surface area contributed by atoms with Crippen molar-refractivity contribution < 1.29 is 9.53 Å². The van der Waals surface area contributed by atoms with Crippen LogP contribution < -0.4 is 5.32 Å². The molecule has 0 aromatic carbocycles. The summed E-state index contributed by atoms with van der Waals surface area (Å²) in [6, 6.07) is 0. The van der Waals surface area contributed by atoms with E-state index in [1.54, 1.807) is 12.4 Å². The molecule has 1 N–H and O–H groups in total. The highest BCUT2D eigenvalue weighted by molar-refractivity contribution is 5.67. The molecule has 0 saturated heterocycles. The van der Waals surface area contributed by atoms with Crippen LogP contribution in [0.3, 0.4) is 0 Å². The molecule has 0 atom stereocenters. The van der Waals surface area contributed by atoms with E-state index in [9.17, 15) is 4.79 Å². The minimum absolute atomic E-state index is 0.271. The lowest BCUT2D eigenvalue weighted by atomic mass is 10.1. The van der Waals surface area contributed by atoms with Crippen LogP contribution in [0, 0.1) is 0 Å². The van der Waals surface area contributed by atoms with Crippen LogP contribution in [0.25, 0.3) is 0 Å². The summed E-state index contributed by atoms with van der Waals surface area (Å²) in [5, 5.41) is 2.62. The number of ether oxygens (including phenoxy) is 1. The Hall–Kier alpha value is -1.65. The minimum atomic E-state index is -0.494. The van der Waals surface area contributed by atoms with Gasteiger partial charge in [-0.25, -0.2) is 14.8 Å². The fraction of sp³-hybridized carbons (Fsp3) is 0.615. The van der Waals surface area contributed by atoms with Crippen LogP contribution in [0.1, 0.15) is 51.9 Å². The lowest BCUT2D eigenvalue weighted by Gasteiger charge is -2.19. The van der Waals surface area contributed by atoms with Crippen molar-refractivity contribution >= 4 is 6.09 Å². The van der Waals surface area contributed by atoms with Crippen LogP contribution >= 0.6 is 0 Å². The van der Waals surface area contributed by atoms with Gasteiger partial charge in [0.25, 0.3) is 0 Å². The lowest BCUT2D eigenvalue weighted by Crippen LogP contribution is -2.32. The predicted molar refractivity (Wildman–Crippen MR) is 69.2 cm³/mol. The first-order valence-electron chi connectivity index (χ1n) is 6.05. The Morgan fingerprint density at radius 3 is 2.33 bits per heavy atom. The minimum Gasteiger partial charge on any atom is -0.444 e. The molecule has 1 amide bonds. The van der Waals surface area contributed by atoms with E-state index in [1.807, 2.05) is 20.8 Å². The van der Waals surface area contributed by atoms with E-state index in [0.717, 1.165) is 5.56 Å². The van der Waals surface area contributed by atoms with Gasteiger partial charge in [0, 0.05) is 12.4 Å². The second-order valence-corrected chi connectivity index (χ2v) is 5.44. The smallest absolute Gasteiger partial charge is 0.408 e. The van der Waals surface area contributed by atoms with Gasteiger partial charge in [-0.05, 0) is 32.3 Å². The Morgan fingerprint density at radius 2 is 1.89 bits per heavy atom. The van der Waals surface area contributed by atoms with Crippen LogP contribution in [0.5, 0.6) is 0 Å². The van der Waals surface area contributed by atoms with Crippen LogP contribution in [-0.4, -0.2) is 21.7 Å². The summed E-state index contributed by atoms with van der Waals surface area (Å²) in [6.07, 6.45) is 3.10. The maximum Gasteiger partial charge on any atom is 0.408 e. The molecule has 0 unspecified atom stereocenters. The molecule has 100 valence electrons. The molecule has 0 aliphatic carbocycles. The Labute approximate surface area is 108 Å². The second-order valence-electron chi connectivity index (χ2n) is 5.44. The third-order valence-electron chi connectivity index (χ3n) is 2.18. The van der Waals surface area contributed by atoms with Crippen molar-refractivity contribution in [3.8, 4) is 0 Å². The zero-order valence-electron chi connectivity index (χ0n) is 11.7. The summed E-state index contributed by atoms with van der Waals surface area (Å²) in [4.78, 5) is 19.8. The van der Waals surface area contributed by atoms with E-state index in [1.165, 1.54) is 0 Å². The Morgan fingerprint density at radius 1 is 1.33 bits per heavy atom. The Balaban J connectivity index is 2.46. The zero-order chi connectivity index (χ0) is 13.8. The highest BCUT2D eigenvalue weighted by atomic mass is 16.6. The average Bonchev–Trinajstić information content (AvgIpc) is 2.24. The molecule has 1 heterocycles. The predicted octanol–water partition coefficient (Wildman–Crippen LogP) is 2.62. The largest absolute Gasteiger partial charge is 0.444 e. The summed E-state index contributed by atoms with van der Waals surface area (Å²) in [5.74, 6) is 0.975. The maximum absolute atomic E-state index is 11.4. The van der Waals surface area contributed by atoms with Crippen molar-refractivity contribution in [1.29, 1.82) is 0 Å². The highest BCUT2D eigenvalue weighted by Crippen LogP contribution is 2.11. The molecule has 0 radical (unpaired) electrons. The van der Waals surface area contributed by atoms with Gasteiger partial charge in [0.2, 0.25) is 0 Å². The molecular weight excluding hydrogens is 230 g/mol. The molecule has 0 aliphatic heterocycles. The van der Waals surface area contributed by atoms with Crippen molar-refractivity contribution in [2.24, 2.45) is 0 Å². The highest BCUT2D eigenvalue weighted by Gasteiger charge is 2.15. The summed E-state index contributed by atoms with van der Waals surface area (Å²) in [5.41, 5.74) is 0.586. The molecule has 0 bridgehead atoms. The third kappa shape index (κ3) is 5.12. The van der Waals surface area contributed by atoms with E-state index in [4.69, 9.17) is 4.74 Å². The van der Waals surface area contributed by atoms with Crippen molar-refractivity contribution in [3.63, 3.8) is 0 Å². The molecule has 0 fully saturated rings. The summed E-state index contributed by atoms with van der Waals surface area (Å²) >= 11 is 0. The number of carbonyl (C=O) groups is 1. The SMILES string of the molecule is CC(C)c1cnc(CNC(=O)OC(C)(C)C)nc1. The van der Waals surface area contributed by atoms with Gasteiger partial charge >= 0.3 is 6.09 Å². The number of nitrogens with one attached hydrogen (secondary N) is 1. The first-order chi connectivity index (χ1) is 8.28. The van der Waals surface area contributed by atoms with Gasteiger partial charge in [0.05, 0.1) is 6.54 Å². The molecule has 5 nitrogen and oxygen atoms in total. The van der Waals surface area contributed by atoms with Gasteiger partial charge < -0.3 is 10.1 Å². The van der Waals surface area contributed by atoms with Gasteiger partial charge in [-0.1, -0.05) is 13.8 Å². The second kappa shape index (κ2) is 5.80. The number of carbonyl (C=O) groups excluding carboxylic acids is 1. The number of nitrogens with zero attached hydrogens (tertiary/aromatic N) is 2. The van der Waals surface area contributed by atoms with E-state index in [-0.39, 0.29) is 6.54 Å². The molecule has 0 aliphatic rings. The topological polar surface area (TPSA) is 64.1 Å². The van der Waals surface area contributed by atoms with Crippen molar-refractivity contribution in [2.75, 3.05) is 0 Å². The third-order valence-corrected chi connectivity index (χ3v) is 2.18. The quantitative estimate of drug-likeness (QED) is 0.897. The number of amides is 1. The van der Waals surface area contributed by atoms with Crippen LogP contribution in [-0.2, 0) is 11.3 Å². The van der Waals surface area contributed by atoms with Crippen LogP contribution in [0.2, 0.25) is 0 Å². The molecule has 5 heteroatoms. The number of aromatic nitrogens is 2. The molecule has 0 spiro atoms. The van der Waals surface area contributed by atoms with E-state index >= 15 is 0 Å². The average molecular weight is 251 g/mol. The Bertz CT molecular complexity index is 394. The van der Waals surface area contributed by atoms with Crippen molar-refractivity contribution in [2.45, 2.75) is 52.7 Å². The Kier molecular flexibility index (Phi) is 4.64. The molecule has 1 aromatic rings. The molecular formula is C13H21N3O2.